The van der Waals surface area contributed by atoms with Gasteiger partial charge in [0.25, 0.3) is 0 Å². The Bertz CT molecular complexity index is 366. The quantitative estimate of drug-likeness (QED) is 0.570. The zero-order chi connectivity index (χ0) is 12.8. The van der Waals surface area contributed by atoms with Gasteiger partial charge in [-0.1, -0.05) is 25.0 Å². The van der Waals surface area contributed by atoms with Crippen LogP contribution in [0.4, 0.5) is 0 Å². The van der Waals surface area contributed by atoms with Gasteiger partial charge < -0.3 is 9.47 Å². The number of ether oxygens (including phenoxy) is 2. The van der Waals surface area contributed by atoms with Crippen molar-refractivity contribution in [2.24, 2.45) is 11.8 Å². The Kier molecular flexibility index (Phi) is 2.97. The van der Waals surface area contributed by atoms with E-state index in [4.69, 9.17) is 9.47 Å². The Hall–Kier alpha value is -0.830. The van der Waals surface area contributed by atoms with Crippen LogP contribution in [0.1, 0.15) is 46.0 Å². The van der Waals surface area contributed by atoms with E-state index in [1.807, 2.05) is 13.8 Å². The smallest absolute Gasteiger partial charge is 0.309 e. The lowest BCUT2D eigenvalue weighted by Crippen LogP contribution is -2.42. The Morgan fingerprint density at radius 3 is 2.56 bits per heavy atom. The molecule has 0 aromatic carbocycles. The van der Waals surface area contributed by atoms with Gasteiger partial charge in [0, 0.05) is 5.92 Å². The summed E-state index contributed by atoms with van der Waals surface area (Å²) in [5.74, 6) is 0.446. The lowest BCUT2D eigenvalue weighted by Gasteiger charge is -2.34. The van der Waals surface area contributed by atoms with Crippen molar-refractivity contribution in [1.29, 1.82) is 0 Å². The molecule has 2 heterocycles. The zero-order valence-corrected chi connectivity index (χ0v) is 11.2. The van der Waals surface area contributed by atoms with Gasteiger partial charge in [0.05, 0.1) is 18.1 Å². The monoisotopic (exact) mass is 250 g/mol. The summed E-state index contributed by atoms with van der Waals surface area (Å²) in [6, 6.07) is 0. The molecule has 3 unspecified atom stereocenters. The minimum Gasteiger partial charge on any atom is -0.459 e. The molecule has 3 atom stereocenters. The molecule has 0 radical (unpaired) electrons. The predicted octanol–water partition coefficient (Wildman–Crippen LogP) is 2.84. The fraction of sp³-hybridized carbons (Fsp3) is 0.800. The van der Waals surface area contributed by atoms with E-state index in [0.717, 1.165) is 19.3 Å². The van der Waals surface area contributed by atoms with Crippen molar-refractivity contribution in [3.05, 3.63) is 12.2 Å². The fourth-order valence-corrected chi connectivity index (χ4v) is 3.53. The molecular formula is C15H22O3. The van der Waals surface area contributed by atoms with Crippen LogP contribution in [0.25, 0.3) is 0 Å². The van der Waals surface area contributed by atoms with Crippen LogP contribution in [-0.2, 0) is 14.3 Å². The van der Waals surface area contributed by atoms with E-state index in [9.17, 15) is 4.79 Å². The molecule has 18 heavy (non-hydrogen) atoms. The summed E-state index contributed by atoms with van der Waals surface area (Å²) < 4.78 is 11.6. The average Bonchev–Trinajstić information content (AvgIpc) is 3.05. The van der Waals surface area contributed by atoms with Gasteiger partial charge in [0.15, 0.2) is 0 Å². The Morgan fingerprint density at radius 2 is 2.00 bits per heavy atom. The summed E-state index contributed by atoms with van der Waals surface area (Å²) in [7, 11) is 0. The average molecular weight is 250 g/mol. The summed E-state index contributed by atoms with van der Waals surface area (Å²) in [5.41, 5.74) is -0.413. The number of rotatable bonds is 3. The normalized spacial score (nSPS) is 35.3. The second-order valence-corrected chi connectivity index (χ2v) is 6.37. The number of fused-ring (bicyclic) bond motifs is 2. The summed E-state index contributed by atoms with van der Waals surface area (Å²) in [6.45, 7) is 4.06. The van der Waals surface area contributed by atoms with Crippen molar-refractivity contribution in [3.63, 3.8) is 0 Å². The standard InChI is InChI=1S/C15H22O3/c1-15(2,12-9-11-7-8-13(12)17-11)18-14(16)10-5-3-4-6-10/h7-8,10-13H,3-6,9H2,1-2H3. The van der Waals surface area contributed by atoms with Crippen LogP contribution in [0.3, 0.4) is 0 Å². The molecule has 100 valence electrons. The minimum absolute atomic E-state index is 0.00394. The van der Waals surface area contributed by atoms with Gasteiger partial charge in [0.2, 0.25) is 0 Å². The van der Waals surface area contributed by atoms with Crippen LogP contribution in [0.2, 0.25) is 0 Å². The Morgan fingerprint density at radius 1 is 1.28 bits per heavy atom. The van der Waals surface area contributed by atoms with Crippen LogP contribution in [-0.4, -0.2) is 23.8 Å². The molecule has 0 aromatic rings. The highest BCUT2D eigenvalue weighted by Crippen LogP contribution is 2.42. The summed E-state index contributed by atoms with van der Waals surface area (Å²) in [5, 5.41) is 0. The zero-order valence-electron chi connectivity index (χ0n) is 11.2. The maximum atomic E-state index is 12.1. The number of carbonyl (C=O) groups is 1. The second-order valence-electron chi connectivity index (χ2n) is 6.37. The second kappa shape index (κ2) is 4.37. The van der Waals surface area contributed by atoms with Crippen molar-refractivity contribution < 1.29 is 14.3 Å². The molecule has 0 N–H and O–H groups in total. The fourth-order valence-electron chi connectivity index (χ4n) is 3.53. The first kappa shape index (κ1) is 12.2. The van der Waals surface area contributed by atoms with Crippen molar-refractivity contribution in [1.82, 2.24) is 0 Å². The molecule has 2 bridgehead atoms. The maximum absolute atomic E-state index is 12.1. The first-order valence-corrected chi connectivity index (χ1v) is 7.13. The van der Waals surface area contributed by atoms with E-state index in [1.165, 1.54) is 12.8 Å². The van der Waals surface area contributed by atoms with Crippen LogP contribution < -0.4 is 0 Å². The van der Waals surface area contributed by atoms with Crippen LogP contribution in [0, 0.1) is 11.8 Å². The predicted molar refractivity (Wildman–Crippen MR) is 68.0 cm³/mol. The van der Waals surface area contributed by atoms with Gasteiger partial charge in [-0.2, -0.15) is 0 Å². The maximum Gasteiger partial charge on any atom is 0.309 e. The summed E-state index contributed by atoms with van der Waals surface area (Å²) in [6.07, 6.45) is 9.93. The molecule has 3 nitrogen and oxygen atoms in total. The molecule has 1 saturated carbocycles. The van der Waals surface area contributed by atoms with Crippen LogP contribution in [0.15, 0.2) is 12.2 Å². The van der Waals surface area contributed by atoms with Gasteiger partial charge in [-0.15, -0.1) is 0 Å². The molecule has 0 aromatic heterocycles. The van der Waals surface area contributed by atoms with E-state index >= 15 is 0 Å². The lowest BCUT2D eigenvalue weighted by molar-refractivity contribution is -0.167. The number of hydrogen-bond donors (Lipinski definition) is 0. The molecule has 3 heteroatoms. The van der Waals surface area contributed by atoms with Crippen molar-refractivity contribution >= 4 is 5.97 Å². The third-order valence-corrected chi connectivity index (χ3v) is 4.68. The number of esters is 1. The molecular weight excluding hydrogens is 228 g/mol. The van der Waals surface area contributed by atoms with E-state index < -0.39 is 5.60 Å². The number of hydrogen-bond acceptors (Lipinski definition) is 3. The molecule has 3 aliphatic rings. The van der Waals surface area contributed by atoms with E-state index in [-0.39, 0.29) is 24.1 Å². The summed E-state index contributed by atoms with van der Waals surface area (Å²) >= 11 is 0. The highest BCUT2D eigenvalue weighted by molar-refractivity contribution is 5.73. The van der Waals surface area contributed by atoms with Crippen molar-refractivity contribution in [3.8, 4) is 0 Å². The molecule has 2 aliphatic heterocycles. The first-order valence-electron chi connectivity index (χ1n) is 7.13. The SMILES string of the molecule is CC(C)(OC(=O)C1CCCC1)C1CC2C=CC1O2. The van der Waals surface area contributed by atoms with Crippen molar-refractivity contribution in [2.75, 3.05) is 0 Å². The Labute approximate surface area is 109 Å². The number of carbonyl (C=O) groups excluding carboxylic acids is 1. The molecule has 3 rings (SSSR count). The molecule has 1 saturated heterocycles. The van der Waals surface area contributed by atoms with E-state index in [1.54, 1.807) is 0 Å². The van der Waals surface area contributed by atoms with Gasteiger partial charge in [-0.05, 0) is 33.1 Å². The lowest BCUT2D eigenvalue weighted by atomic mass is 9.81. The molecule has 1 aliphatic carbocycles. The highest BCUT2D eigenvalue weighted by Gasteiger charge is 2.47. The molecule has 0 amide bonds. The van der Waals surface area contributed by atoms with Crippen LogP contribution >= 0.6 is 0 Å². The highest BCUT2D eigenvalue weighted by atomic mass is 16.6. The van der Waals surface area contributed by atoms with Gasteiger partial charge in [0.1, 0.15) is 5.60 Å². The third-order valence-electron chi connectivity index (χ3n) is 4.68. The molecule has 0 spiro atoms. The topological polar surface area (TPSA) is 35.5 Å². The van der Waals surface area contributed by atoms with Gasteiger partial charge in [-0.3, -0.25) is 4.79 Å². The van der Waals surface area contributed by atoms with E-state index in [0.29, 0.717) is 5.92 Å². The van der Waals surface area contributed by atoms with Gasteiger partial charge >= 0.3 is 5.97 Å². The van der Waals surface area contributed by atoms with Crippen LogP contribution in [0.5, 0.6) is 0 Å². The third kappa shape index (κ3) is 2.09. The Balaban J connectivity index is 1.63. The molecule has 2 fully saturated rings. The first-order chi connectivity index (χ1) is 8.56. The minimum atomic E-state index is -0.413. The van der Waals surface area contributed by atoms with E-state index in [2.05, 4.69) is 12.2 Å². The summed E-state index contributed by atoms with van der Waals surface area (Å²) in [4.78, 5) is 12.1. The largest absolute Gasteiger partial charge is 0.459 e. The van der Waals surface area contributed by atoms with Gasteiger partial charge in [-0.25, -0.2) is 0 Å². The van der Waals surface area contributed by atoms with Crippen molar-refractivity contribution in [2.45, 2.75) is 63.8 Å².